The number of halogens is 2. The second-order valence-corrected chi connectivity index (χ2v) is 6.30. The van der Waals surface area contributed by atoms with Crippen LogP contribution in [-0.4, -0.2) is 10.5 Å². The average molecular weight is 387 g/mol. The molecule has 0 spiro atoms. The number of hydrogen-bond acceptors (Lipinski definition) is 1. The molecule has 5 heteroatoms. The molecule has 1 aromatic heterocycles. The second-order valence-electron chi connectivity index (χ2n) is 5.45. The zero-order valence-electron chi connectivity index (χ0n) is 12.9. The molecular formula is C19H16BrFN2O. The highest BCUT2D eigenvalue weighted by Crippen LogP contribution is 2.17. The molecule has 24 heavy (non-hydrogen) atoms. The molecule has 1 heterocycles. The van der Waals surface area contributed by atoms with E-state index in [1.807, 2.05) is 53.4 Å². The minimum atomic E-state index is -0.317. The summed E-state index contributed by atoms with van der Waals surface area (Å²) in [5.41, 5.74) is 2.70. The Hall–Kier alpha value is -2.40. The minimum absolute atomic E-state index is 0.0973. The molecule has 0 aliphatic carbocycles. The summed E-state index contributed by atoms with van der Waals surface area (Å²) in [6.45, 7) is 0.290. The van der Waals surface area contributed by atoms with Crippen LogP contribution in [0.15, 0.2) is 71.5 Å². The van der Waals surface area contributed by atoms with Crippen molar-refractivity contribution in [2.75, 3.05) is 0 Å². The van der Waals surface area contributed by atoms with Crippen LogP contribution in [0.3, 0.4) is 0 Å². The van der Waals surface area contributed by atoms with E-state index in [1.54, 1.807) is 6.07 Å². The van der Waals surface area contributed by atoms with Gasteiger partial charge in [-0.1, -0.05) is 28.1 Å². The van der Waals surface area contributed by atoms with Crippen LogP contribution in [0.2, 0.25) is 0 Å². The molecule has 0 atom stereocenters. The van der Waals surface area contributed by atoms with Crippen LogP contribution in [0.25, 0.3) is 5.69 Å². The molecule has 1 amide bonds. The van der Waals surface area contributed by atoms with Crippen molar-refractivity contribution in [1.82, 2.24) is 9.88 Å². The third kappa shape index (κ3) is 4.11. The Bertz CT molecular complexity index is 829. The van der Waals surface area contributed by atoms with E-state index in [0.717, 1.165) is 15.7 Å². The van der Waals surface area contributed by atoms with Gasteiger partial charge in [-0.25, -0.2) is 4.39 Å². The average Bonchev–Trinajstić information content (AvgIpc) is 3.11. The van der Waals surface area contributed by atoms with E-state index >= 15 is 0 Å². The van der Waals surface area contributed by atoms with E-state index in [4.69, 9.17) is 0 Å². The lowest BCUT2D eigenvalue weighted by Gasteiger charge is -2.08. The number of rotatable bonds is 5. The third-order valence-corrected chi connectivity index (χ3v) is 4.46. The molecule has 0 saturated carbocycles. The monoisotopic (exact) mass is 386 g/mol. The fraction of sp³-hybridized carbons (Fsp3) is 0.105. The maximum absolute atomic E-state index is 13.2. The SMILES string of the molecule is O=C(Cc1ccc(-n2cccc2)cc1)NCc1cc(F)ccc1Br. The van der Waals surface area contributed by atoms with Gasteiger partial charge in [0.25, 0.3) is 0 Å². The lowest BCUT2D eigenvalue weighted by molar-refractivity contribution is -0.120. The Labute approximate surface area is 148 Å². The Morgan fingerprint density at radius 1 is 1.08 bits per heavy atom. The minimum Gasteiger partial charge on any atom is -0.352 e. The van der Waals surface area contributed by atoms with Gasteiger partial charge in [0.15, 0.2) is 0 Å². The number of nitrogens with zero attached hydrogens (tertiary/aromatic N) is 1. The third-order valence-electron chi connectivity index (χ3n) is 3.69. The van der Waals surface area contributed by atoms with Crippen molar-refractivity contribution in [3.8, 4) is 5.69 Å². The first-order valence-corrected chi connectivity index (χ1v) is 8.34. The molecule has 1 N–H and O–H groups in total. The van der Waals surface area contributed by atoms with E-state index < -0.39 is 0 Å². The Balaban J connectivity index is 1.58. The lowest BCUT2D eigenvalue weighted by atomic mass is 10.1. The van der Waals surface area contributed by atoms with Gasteiger partial charge in [0.1, 0.15) is 5.82 Å². The maximum Gasteiger partial charge on any atom is 0.224 e. The van der Waals surface area contributed by atoms with Gasteiger partial charge in [0.2, 0.25) is 5.91 Å². The molecule has 0 fully saturated rings. The smallest absolute Gasteiger partial charge is 0.224 e. The van der Waals surface area contributed by atoms with Crippen LogP contribution in [0.4, 0.5) is 4.39 Å². The molecule has 0 unspecified atom stereocenters. The number of aromatic nitrogens is 1. The molecule has 3 nitrogen and oxygen atoms in total. The van der Waals surface area contributed by atoms with Crippen LogP contribution in [0.1, 0.15) is 11.1 Å². The van der Waals surface area contributed by atoms with Crippen LogP contribution in [0, 0.1) is 5.82 Å². The summed E-state index contributed by atoms with van der Waals surface area (Å²) in [6, 6.07) is 16.2. The summed E-state index contributed by atoms with van der Waals surface area (Å²) in [5, 5.41) is 2.82. The zero-order chi connectivity index (χ0) is 16.9. The highest BCUT2D eigenvalue weighted by molar-refractivity contribution is 9.10. The van der Waals surface area contributed by atoms with E-state index in [0.29, 0.717) is 18.5 Å². The first kappa shape index (κ1) is 16.5. The molecule has 2 aromatic carbocycles. The molecule has 0 radical (unpaired) electrons. The van der Waals surface area contributed by atoms with Crippen molar-refractivity contribution in [2.24, 2.45) is 0 Å². The van der Waals surface area contributed by atoms with Crippen molar-refractivity contribution in [3.63, 3.8) is 0 Å². The van der Waals surface area contributed by atoms with Gasteiger partial charge in [-0.2, -0.15) is 0 Å². The number of carbonyl (C=O) groups is 1. The van der Waals surface area contributed by atoms with Gasteiger partial charge in [-0.3, -0.25) is 4.79 Å². The van der Waals surface area contributed by atoms with Crippen molar-refractivity contribution < 1.29 is 9.18 Å². The number of benzene rings is 2. The zero-order valence-corrected chi connectivity index (χ0v) is 14.5. The molecule has 0 aliphatic heterocycles. The van der Waals surface area contributed by atoms with Gasteiger partial charge in [-0.15, -0.1) is 0 Å². The quantitative estimate of drug-likeness (QED) is 0.698. The van der Waals surface area contributed by atoms with Crippen molar-refractivity contribution in [3.05, 3.63) is 88.4 Å². The van der Waals surface area contributed by atoms with Gasteiger partial charge in [-0.05, 0) is 53.6 Å². The normalized spacial score (nSPS) is 10.6. The molecule has 0 bridgehead atoms. The highest BCUT2D eigenvalue weighted by atomic mass is 79.9. The van der Waals surface area contributed by atoms with Crippen LogP contribution in [-0.2, 0) is 17.8 Å². The summed E-state index contributed by atoms with van der Waals surface area (Å²) in [6.07, 6.45) is 4.23. The van der Waals surface area contributed by atoms with Crippen molar-refractivity contribution in [1.29, 1.82) is 0 Å². The summed E-state index contributed by atoms with van der Waals surface area (Å²) in [4.78, 5) is 12.1. The predicted molar refractivity (Wildman–Crippen MR) is 95.4 cm³/mol. The van der Waals surface area contributed by atoms with E-state index in [9.17, 15) is 9.18 Å². The van der Waals surface area contributed by atoms with E-state index in [-0.39, 0.29) is 11.7 Å². The van der Waals surface area contributed by atoms with Gasteiger partial charge >= 0.3 is 0 Å². The lowest BCUT2D eigenvalue weighted by Crippen LogP contribution is -2.24. The van der Waals surface area contributed by atoms with Gasteiger partial charge in [0, 0.05) is 29.1 Å². The maximum atomic E-state index is 13.2. The molecule has 3 rings (SSSR count). The van der Waals surface area contributed by atoms with Crippen molar-refractivity contribution >= 4 is 21.8 Å². The molecule has 122 valence electrons. The Morgan fingerprint density at radius 2 is 1.79 bits per heavy atom. The first-order valence-electron chi connectivity index (χ1n) is 7.55. The predicted octanol–water partition coefficient (Wildman–Crippen LogP) is 4.24. The Kier molecular flexibility index (Phi) is 5.11. The van der Waals surface area contributed by atoms with Crippen LogP contribution >= 0.6 is 15.9 Å². The summed E-state index contributed by atoms with van der Waals surface area (Å²) in [5.74, 6) is -0.414. The summed E-state index contributed by atoms with van der Waals surface area (Å²) in [7, 11) is 0. The number of carbonyl (C=O) groups excluding carboxylic acids is 1. The topological polar surface area (TPSA) is 34.0 Å². The molecule has 0 saturated heterocycles. The summed E-state index contributed by atoms with van der Waals surface area (Å²) >= 11 is 3.35. The van der Waals surface area contributed by atoms with Crippen LogP contribution < -0.4 is 5.32 Å². The van der Waals surface area contributed by atoms with Crippen molar-refractivity contribution in [2.45, 2.75) is 13.0 Å². The largest absolute Gasteiger partial charge is 0.352 e. The standard InChI is InChI=1S/C19H16BrFN2O/c20-18-8-5-16(21)12-15(18)13-22-19(24)11-14-3-6-17(7-4-14)23-9-1-2-10-23/h1-10,12H,11,13H2,(H,22,24). The second kappa shape index (κ2) is 7.45. The highest BCUT2D eigenvalue weighted by Gasteiger charge is 2.06. The number of hydrogen-bond donors (Lipinski definition) is 1. The molecule has 0 aliphatic rings. The van der Waals surface area contributed by atoms with E-state index in [1.165, 1.54) is 12.1 Å². The summed E-state index contributed by atoms with van der Waals surface area (Å²) < 4.78 is 16.0. The van der Waals surface area contributed by atoms with Gasteiger partial charge in [0.05, 0.1) is 6.42 Å². The number of nitrogens with one attached hydrogen (secondary N) is 1. The Morgan fingerprint density at radius 3 is 2.50 bits per heavy atom. The fourth-order valence-electron chi connectivity index (χ4n) is 2.41. The molecular weight excluding hydrogens is 371 g/mol. The first-order chi connectivity index (χ1) is 11.6. The number of amides is 1. The fourth-order valence-corrected chi connectivity index (χ4v) is 2.80. The van der Waals surface area contributed by atoms with Gasteiger partial charge < -0.3 is 9.88 Å². The molecule has 3 aromatic rings. The van der Waals surface area contributed by atoms with E-state index in [2.05, 4.69) is 21.2 Å². The van der Waals surface area contributed by atoms with Crippen LogP contribution in [0.5, 0.6) is 0 Å².